The van der Waals surface area contributed by atoms with Crippen LogP contribution in [0, 0.1) is 0 Å². The lowest BCUT2D eigenvalue weighted by molar-refractivity contribution is 0.00578. The summed E-state index contributed by atoms with van der Waals surface area (Å²) in [5.41, 5.74) is -2.63. The Hall–Kier alpha value is -0.935. The molecule has 0 unspecified atom stereocenters. The van der Waals surface area contributed by atoms with Crippen molar-refractivity contribution in [3.8, 4) is 0 Å². The number of nitrogens with zero attached hydrogens (tertiary/aromatic N) is 2. The minimum atomic E-state index is -3.35. The molecule has 1 aromatic heterocycles. The summed E-state index contributed by atoms with van der Waals surface area (Å²) in [6.45, 7) is 3.73. The minimum absolute atomic E-state index is 0.245. The van der Waals surface area contributed by atoms with E-state index in [-0.39, 0.29) is 5.59 Å². The van der Waals surface area contributed by atoms with E-state index in [1.54, 1.807) is 27.7 Å². The molecule has 0 aromatic carbocycles. The molecule has 4 nitrogen and oxygen atoms in total. The van der Waals surface area contributed by atoms with Crippen molar-refractivity contribution in [1.29, 1.82) is 0 Å². The van der Waals surface area contributed by atoms with Gasteiger partial charge in [-0.1, -0.05) is 13.2 Å². The van der Waals surface area contributed by atoms with Crippen LogP contribution in [0.4, 0.5) is 0 Å². The molecule has 2 rings (SSSR count). The van der Waals surface area contributed by atoms with Crippen LogP contribution in [0.3, 0.4) is 0 Å². The quantitative estimate of drug-likeness (QED) is 0.773. The van der Waals surface area contributed by atoms with Gasteiger partial charge in [0, 0.05) is 21.9 Å². The fourth-order valence-electron chi connectivity index (χ4n) is 1.48. The van der Waals surface area contributed by atoms with Gasteiger partial charge in [0.15, 0.2) is 0 Å². The van der Waals surface area contributed by atoms with Crippen LogP contribution in [0.25, 0.3) is 0 Å². The standard InChI is InChI=1S/C13H21BN2O2/c1-6-7-10-8-15-9-11(16-10)14-17-12(2,3)13(4,5)18-14/h8-9H,6-7H2,1-5H3/i1D3,6D2,7D2,8D,9D. The van der Waals surface area contributed by atoms with E-state index in [1.807, 2.05) is 0 Å². The highest BCUT2D eigenvalue weighted by molar-refractivity contribution is 6.61. The molecule has 1 aromatic rings. The summed E-state index contributed by atoms with van der Waals surface area (Å²) in [5.74, 6) is 0. The number of rotatable bonds is 3. The van der Waals surface area contributed by atoms with Gasteiger partial charge in [0.1, 0.15) is 0 Å². The predicted octanol–water partition coefficient (Wildman–Crippen LogP) is 1.73. The van der Waals surface area contributed by atoms with E-state index in [1.165, 1.54) is 0 Å². The molecule has 5 heteroatoms. The molecule has 0 radical (unpaired) electrons. The Labute approximate surface area is 122 Å². The molecule has 0 amide bonds. The Morgan fingerprint density at radius 3 is 2.61 bits per heavy atom. The van der Waals surface area contributed by atoms with Gasteiger partial charge in [-0.3, -0.25) is 9.97 Å². The monoisotopic (exact) mass is 257 g/mol. The van der Waals surface area contributed by atoms with Crippen LogP contribution < -0.4 is 5.59 Å². The zero-order valence-electron chi connectivity index (χ0n) is 19.8. The third kappa shape index (κ3) is 2.42. The molecule has 0 spiro atoms. The molecule has 1 aliphatic rings. The van der Waals surface area contributed by atoms with Crippen LogP contribution in [0.2, 0.25) is 0 Å². The van der Waals surface area contributed by atoms with Crippen molar-refractivity contribution in [1.82, 2.24) is 9.97 Å². The smallest absolute Gasteiger partial charge is 0.398 e. The Morgan fingerprint density at radius 2 is 2.00 bits per heavy atom. The fourth-order valence-corrected chi connectivity index (χ4v) is 1.48. The van der Waals surface area contributed by atoms with Crippen molar-refractivity contribution >= 4 is 12.7 Å². The fraction of sp³-hybridized carbons (Fsp3) is 0.692. The van der Waals surface area contributed by atoms with Gasteiger partial charge >= 0.3 is 7.12 Å². The van der Waals surface area contributed by atoms with Crippen molar-refractivity contribution in [3.05, 3.63) is 18.0 Å². The first kappa shape index (κ1) is 6.01. The molecular formula is C13H21BN2O2. The van der Waals surface area contributed by atoms with Crippen LogP contribution in [0.15, 0.2) is 12.3 Å². The second kappa shape index (κ2) is 4.63. The molecule has 0 aliphatic carbocycles. The maximum Gasteiger partial charge on any atom is 0.516 e. The van der Waals surface area contributed by atoms with E-state index in [0.717, 1.165) is 0 Å². The molecule has 18 heavy (non-hydrogen) atoms. The van der Waals surface area contributed by atoms with Crippen LogP contribution in [-0.4, -0.2) is 28.3 Å². The Morgan fingerprint density at radius 1 is 1.33 bits per heavy atom. The van der Waals surface area contributed by atoms with Crippen molar-refractivity contribution in [3.63, 3.8) is 0 Å². The lowest BCUT2D eigenvalue weighted by Gasteiger charge is -2.32. The van der Waals surface area contributed by atoms with Gasteiger partial charge in [0.25, 0.3) is 0 Å². The van der Waals surface area contributed by atoms with Gasteiger partial charge in [-0.05, 0) is 34.1 Å². The predicted molar refractivity (Wildman–Crippen MR) is 71.7 cm³/mol. The number of hydrogen-bond donors (Lipinski definition) is 0. The van der Waals surface area contributed by atoms with Gasteiger partial charge in [0.2, 0.25) is 0 Å². The summed E-state index contributed by atoms with van der Waals surface area (Å²) >= 11 is 0. The van der Waals surface area contributed by atoms with Gasteiger partial charge in [-0.2, -0.15) is 0 Å². The molecule has 1 fully saturated rings. The van der Waals surface area contributed by atoms with Crippen LogP contribution >= 0.6 is 0 Å². The highest BCUT2D eigenvalue weighted by atomic mass is 16.7. The Bertz CT molecular complexity index is 736. The summed E-state index contributed by atoms with van der Waals surface area (Å²) in [5, 5.41) is 0. The molecule has 1 saturated heterocycles. The molecular weight excluding hydrogens is 227 g/mol. The van der Waals surface area contributed by atoms with Crippen LogP contribution in [0.1, 0.15) is 59.0 Å². The normalized spacial score (nSPS) is 30.9. The Kier molecular flexibility index (Phi) is 1.55. The zero-order chi connectivity index (χ0) is 21.2. The Balaban J connectivity index is 2.58. The van der Waals surface area contributed by atoms with Crippen molar-refractivity contribution in [2.75, 3.05) is 0 Å². The second-order valence-corrected chi connectivity index (χ2v) is 5.02. The second-order valence-electron chi connectivity index (χ2n) is 5.02. The molecule has 0 atom stereocenters. The topological polar surface area (TPSA) is 44.2 Å². The van der Waals surface area contributed by atoms with Crippen LogP contribution in [0.5, 0.6) is 0 Å². The number of hydrogen-bond acceptors (Lipinski definition) is 4. The first-order chi connectivity index (χ1) is 11.8. The highest BCUT2D eigenvalue weighted by Crippen LogP contribution is 2.36. The van der Waals surface area contributed by atoms with E-state index in [4.69, 9.17) is 21.6 Å². The molecule has 0 N–H and O–H groups in total. The largest absolute Gasteiger partial charge is 0.516 e. The van der Waals surface area contributed by atoms with Crippen molar-refractivity contribution in [2.24, 2.45) is 0 Å². The lowest BCUT2D eigenvalue weighted by Crippen LogP contribution is -2.41. The van der Waals surface area contributed by atoms with Gasteiger partial charge in [0.05, 0.1) is 25.2 Å². The maximum atomic E-state index is 8.03. The van der Waals surface area contributed by atoms with E-state index < -0.39 is 56.0 Å². The SMILES string of the molecule is [2H]c1nc([2H])c(C([2H])([2H])C([2H])([2H])C([2H])([2H])[2H])nc1B1OC(C)(C)C(C)(C)O1. The summed E-state index contributed by atoms with van der Waals surface area (Å²) in [7, 11) is -1.19. The third-order valence-corrected chi connectivity index (χ3v) is 3.22. The molecule has 2 heterocycles. The minimum Gasteiger partial charge on any atom is -0.398 e. The molecule has 0 saturated carbocycles. The van der Waals surface area contributed by atoms with E-state index in [0.29, 0.717) is 0 Å². The maximum absolute atomic E-state index is 8.03. The summed E-state index contributed by atoms with van der Waals surface area (Å²) in [6.07, 6.45) is -7.83. The van der Waals surface area contributed by atoms with Gasteiger partial charge < -0.3 is 9.31 Å². The van der Waals surface area contributed by atoms with E-state index in [9.17, 15) is 0 Å². The first-order valence-electron chi connectivity index (χ1n) is 10.1. The summed E-state index contributed by atoms with van der Waals surface area (Å²) < 4.78 is 80.7. The summed E-state index contributed by atoms with van der Waals surface area (Å²) in [4.78, 5) is 7.48. The average molecular weight is 257 g/mol. The van der Waals surface area contributed by atoms with Crippen molar-refractivity contribution < 1.29 is 21.6 Å². The number of aryl methyl sites for hydroxylation is 1. The number of aromatic nitrogens is 2. The molecule has 0 bridgehead atoms. The summed E-state index contributed by atoms with van der Waals surface area (Å²) in [6, 6.07) is 0. The van der Waals surface area contributed by atoms with Gasteiger partial charge in [-0.25, -0.2) is 0 Å². The zero-order valence-corrected chi connectivity index (χ0v) is 10.8. The lowest BCUT2D eigenvalue weighted by atomic mass is 9.85. The molecule has 98 valence electrons. The van der Waals surface area contributed by atoms with Crippen LogP contribution in [-0.2, 0) is 15.7 Å². The van der Waals surface area contributed by atoms with E-state index >= 15 is 0 Å². The highest BCUT2D eigenvalue weighted by Gasteiger charge is 2.52. The average Bonchev–Trinajstić information content (AvgIpc) is 2.65. The third-order valence-electron chi connectivity index (χ3n) is 3.22. The van der Waals surface area contributed by atoms with Gasteiger partial charge in [-0.15, -0.1) is 0 Å². The first-order valence-corrected chi connectivity index (χ1v) is 5.56. The van der Waals surface area contributed by atoms with Crippen molar-refractivity contribution in [2.45, 2.75) is 58.5 Å². The molecule has 1 aliphatic heterocycles. The van der Waals surface area contributed by atoms with E-state index in [2.05, 4.69) is 9.97 Å².